The van der Waals surface area contributed by atoms with Crippen molar-refractivity contribution in [3.8, 4) is 0 Å². The van der Waals surface area contributed by atoms with Crippen LogP contribution in [0, 0.1) is 0 Å². The molecule has 2 rings (SSSR count). The summed E-state index contributed by atoms with van der Waals surface area (Å²) in [5, 5.41) is 3.23. The Morgan fingerprint density at radius 1 is 1.30 bits per heavy atom. The second kappa shape index (κ2) is 6.56. The van der Waals surface area contributed by atoms with Crippen LogP contribution in [0.2, 0.25) is 0 Å². The standard InChI is InChI=1S/C15H17N3O2/c1-20-15(19)13-10-12(16)2-3-14(13)18-9-6-11-4-7-17-8-5-11/h2-5,7-8,10,18H,6,9,16H2,1H3. The number of nitrogens with one attached hydrogen (secondary N) is 1. The largest absolute Gasteiger partial charge is 0.465 e. The number of carbonyl (C=O) groups excluding carboxylic acids is 1. The molecule has 1 aromatic carbocycles. The van der Waals surface area contributed by atoms with Crippen LogP contribution in [0.25, 0.3) is 0 Å². The molecule has 20 heavy (non-hydrogen) atoms. The Morgan fingerprint density at radius 3 is 2.75 bits per heavy atom. The van der Waals surface area contributed by atoms with Crippen LogP contribution in [-0.4, -0.2) is 24.6 Å². The van der Waals surface area contributed by atoms with Gasteiger partial charge in [-0.25, -0.2) is 4.79 Å². The number of hydrogen-bond donors (Lipinski definition) is 2. The molecule has 0 amide bonds. The number of methoxy groups -OCH3 is 1. The monoisotopic (exact) mass is 271 g/mol. The molecular weight excluding hydrogens is 254 g/mol. The summed E-state index contributed by atoms with van der Waals surface area (Å²) in [6.45, 7) is 0.706. The van der Waals surface area contributed by atoms with Crippen molar-refractivity contribution in [2.75, 3.05) is 24.7 Å². The van der Waals surface area contributed by atoms with Gasteiger partial charge in [0.05, 0.1) is 12.7 Å². The number of rotatable bonds is 5. The first kappa shape index (κ1) is 13.9. The highest BCUT2D eigenvalue weighted by Crippen LogP contribution is 2.19. The van der Waals surface area contributed by atoms with Crippen LogP contribution < -0.4 is 11.1 Å². The second-order valence-corrected chi connectivity index (χ2v) is 4.33. The Kier molecular flexibility index (Phi) is 4.55. The molecule has 0 saturated carbocycles. The van der Waals surface area contributed by atoms with E-state index in [1.165, 1.54) is 12.7 Å². The van der Waals surface area contributed by atoms with Gasteiger partial charge in [0.2, 0.25) is 0 Å². The Bertz CT molecular complexity index is 585. The molecule has 1 aromatic heterocycles. The number of nitrogen functional groups attached to an aromatic ring is 1. The maximum atomic E-state index is 11.7. The van der Waals surface area contributed by atoms with Gasteiger partial charge >= 0.3 is 5.97 Å². The normalized spacial score (nSPS) is 10.1. The van der Waals surface area contributed by atoms with Crippen molar-refractivity contribution < 1.29 is 9.53 Å². The van der Waals surface area contributed by atoms with E-state index in [-0.39, 0.29) is 0 Å². The molecule has 5 heteroatoms. The van der Waals surface area contributed by atoms with E-state index < -0.39 is 5.97 Å². The molecule has 104 valence electrons. The number of ether oxygens (including phenoxy) is 1. The predicted octanol–water partition coefficient (Wildman–Crippen LogP) is 2.11. The Morgan fingerprint density at radius 2 is 2.05 bits per heavy atom. The lowest BCUT2D eigenvalue weighted by Gasteiger charge is -2.11. The fourth-order valence-corrected chi connectivity index (χ4v) is 1.89. The van der Waals surface area contributed by atoms with Crippen LogP contribution in [-0.2, 0) is 11.2 Å². The molecule has 0 unspecified atom stereocenters. The molecule has 0 saturated heterocycles. The van der Waals surface area contributed by atoms with E-state index in [1.54, 1.807) is 30.6 Å². The number of anilines is 2. The van der Waals surface area contributed by atoms with Gasteiger partial charge in [0.15, 0.2) is 0 Å². The fourth-order valence-electron chi connectivity index (χ4n) is 1.89. The molecule has 0 aliphatic heterocycles. The molecule has 0 fully saturated rings. The van der Waals surface area contributed by atoms with Gasteiger partial charge in [0.1, 0.15) is 0 Å². The number of carbonyl (C=O) groups is 1. The maximum absolute atomic E-state index is 11.7. The van der Waals surface area contributed by atoms with Gasteiger partial charge in [-0.1, -0.05) is 0 Å². The number of benzene rings is 1. The van der Waals surface area contributed by atoms with E-state index >= 15 is 0 Å². The van der Waals surface area contributed by atoms with Gasteiger partial charge in [0, 0.05) is 30.3 Å². The molecule has 0 aliphatic carbocycles. The number of nitrogens with zero attached hydrogens (tertiary/aromatic N) is 1. The van der Waals surface area contributed by atoms with Crippen molar-refractivity contribution in [1.82, 2.24) is 4.98 Å². The van der Waals surface area contributed by atoms with E-state index in [2.05, 4.69) is 10.3 Å². The molecule has 0 spiro atoms. The number of aromatic nitrogens is 1. The average Bonchev–Trinajstić information content (AvgIpc) is 2.49. The van der Waals surface area contributed by atoms with Gasteiger partial charge in [-0.2, -0.15) is 0 Å². The van der Waals surface area contributed by atoms with E-state index in [4.69, 9.17) is 10.5 Å². The quantitative estimate of drug-likeness (QED) is 0.643. The third-order valence-electron chi connectivity index (χ3n) is 2.93. The Balaban J connectivity index is 2.04. The SMILES string of the molecule is COC(=O)c1cc(N)ccc1NCCc1ccncc1. The number of hydrogen-bond acceptors (Lipinski definition) is 5. The predicted molar refractivity (Wildman–Crippen MR) is 78.6 cm³/mol. The molecule has 3 N–H and O–H groups in total. The van der Waals surface area contributed by atoms with Crippen molar-refractivity contribution in [3.63, 3.8) is 0 Å². The summed E-state index contributed by atoms with van der Waals surface area (Å²) < 4.78 is 4.75. The first-order chi connectivity index (χ1) is 9.70. The van der Waals surface area contributed by atoms with Gasteiger partial charge in [-0.3, -0.25) is 4.98 Å². The second-order valence-electron chi connectivity index (χ2n) is 4.33. The summed E-state index contributed by atoms with van der Waals surface area (Å²) in [6, 6.07) is 9.08. The van der Waals surface area contributed by atoms with Crippen LogP contribution >= 0.6 is 0 Å². The lowest BCUT2D eigenvalue weighted by atomic mass is 10.1. The highest BCUT2D eigenvalue weighted by Gasteiger charge is 2.11. The molecule has 2 aromatic rings. The summed E-state index contributed by atoms with van der Waals surface area (Å²) in [6.07, 6.45) is 4.37. The van der Waals surface area contributed by atoms with E-state index in [1.807, 2.05) is 12.1 Å². The zero-order chi connectivity index (χ0) is 14.4. The molecule has 5 nitrogen and oxygen atoms in total. The lowest BCUT2D eigenvalue weighted by Crippen LogP contribution is -2.11. The minimum absolute atomic E-state index is 0.399. The van der Waals surface area contributed by atoms with Crippen molar-refractivity contribution in [3.05, 3.63) is 53.9 Å². The summed E-state index contributed by atoms with van der Waals surface area (Å²) in [4.78, 5) is 15.7. The maximum Gasteiger partial charge on any atom is 0.340 e. The van der Waals surface area contributed by atoms with Crippen LogP contribution in [0.15, 0.2) is 42.7 Å². The van der Waals surface area contributed by atoms with E-state index in [0.717, 1.165) is 12.1 Å². The summed E-state index contributed by atoms with van der Waals surface area (Å²) in [7, 11) is 1.35. The molecule has 0 radical (unpaired) electrons. The summed E-state index contributed by atoms with van der Waals surface area (Å²) in [5.74, 6) is -0.399. The fraction of sp³-hybridized carbons (Fsp3) is 0.200. The molecule has 0 atom stereocenters. The van der Waals surface area contributed by atoms with Crippen molar-refractivity contribution in [2.45, 2.75) is 6.42 Å². The average molecular weight is 271 g/mol. The first-order valence-electron chi connectivity index (χ1n) is 6.31. The molecule has 0 bridgehead atoms. The lowest BCUT2D eigenvalue weighted by molar-refractivity contribution is 0.0602. The highest BCUT2D eigenvalue weighted by molar-refractivity contribution is 5.96. The van der Waals surface area contributed by atoms with Crippen LogP contribution in [0.4, 0.5) is 11.4 Å². The van der Waals surface area contributed by atoms with Crippen LogP contribution in [0.5, 0.6) is 0 Å². The van der Waals surface area contributed by atoms with Crippen molar-refractivity contribution in [1.29, 1.82) is 0 Å². The number of pyridine rings is 1. The van der Waals surface area contributed by atoms with Gasteiger partial charge in [-0.15, -0.1) is 0 Å². The van der Waals surface area contributed by atoms with Crippen LogP contribution in [0.3, 0.4) is 0 Å². The minimum atomic E-state index is -0.399. The van der Waals surface area contributed by atoms with Crippen molar-refractivity contribution in [2.24, 2.45) is 0 Å². The molecular formula is C15H17N3O2. The third kappa shape index (κ3) is 3.47. The van der Waals surface area contributed by atoms with Gasteiger partial charge in [0.25, 0.3) is 0 Å². The third-order valence-corrected chi connectivity index (χ3v) is 2.93. The topological polar surface area (TPSA) is 77.2 Å². The zero-order valence-electron chi connectivity index (χ0n) is 11.3. The Hall–Kier alpha value is -2.56. The molecule has 0 aliphatic rings. The summed E-state index contributed by atoms with van der Waals surface area (Å²) in [5.41, 5.74) is 8.58. The number of esters is 1. The molecule has 1 heterocycles. The zero-order valence-corrected chi connectivity index (χ0v) is 11.3. The Labute approximate surface area is 117 Å². The van der Waals surface area contributed by atoms with Crippen molar-refractivity contribution >= 4 is 17.3 Å². The number of nitrogens with two attached hydrogens (primary N) is 1. The minimum Gasteiger partial charge on any atom is -0.465 e. The van der Waals surface area contributed by atoms with E-state index in [0.29, 0.717) is 17.8 Å². The van der Waals surface area contributed by atoms with Gasteiger partial charge < -0.3 is 15.8 Å². The first-order valence-corrected chi connectivity index (χ1v) is 6.31. The van der Waals surface area contributed by atoms with Gasteiger partial charge in [-0.05, 0) is 42.3 Å². The highest BCUT2D eigenvalue weighted by atomic mass is 16.5. The summed E-state index contributed by atoms with van der Waals surface area (Å²) >= 11 is 0. The van der Waals surface area contributed by atoms with E-state index in [9.17, 15) is 4.79 Å². The smallest absolute Gasteiger partial charge is 0.340 e. The van der Waals surface area contributed by atoms with Crippen LogP contribution in [0.1, 0.15) is 15.9 Å².